The van der Waals surface area contributed by atoms with Crippen molar-refractivity contribution in [2.45, 2.75) is 25.9 Å². The lowest BCUT2D eigenvalue weighted by atomic mass is 10.1. The van der Waals surface area contributed by atoms with Crippen LogP contribution in [-0.4, -0.2) is 37.7 Å². The number of ether oxygens (including phenoxy) is 1. The Morgan fingerprint density at radius 1 is 1.57 bits per heavy atom. The number of nitrogens with one attached hydrogen (secondary N) is 1. The van der Waals surface area contributed by atoms with Crippen LogP contribution in [0.25, 0.3) is 0 Å². The number of hydrogen-bond acceptors (Lipinski definition) is 4. The number of nitrogens with zero attached hydrogens (tertiary/aromatic N) is 2. The molecular weight excluding hydrogens is 273 g/mol. The Balaban J connectivity index is 2.31. The smallest absolute Gasteiger partial charge is 0.245 e. The summed E-state index contributed by atoms with van der Waals surface area (Å²) >= 11 is 0. The summed E-state index contributed by atoms with van der Waals surface area (Å²) < 4.78 is 18.6. The van der Waals surface area contributed by atoms with E-state index in [1.54, 1.807) is 4.90 Å². The lowest BCUT2D eigenvalue weighted by Crippen LogP contribution is -2.55. The zero-order valence-electron chi connectivity index (χ0n) is 12.1. The van der Waals surface area contributed by atoms with Crippen molar-refractivity contribution in [3.8, 4) is 6.07 Å². The molecule has 21 heavy (non-hydrogen) atoms. The minimum Gasteiger partial charge on any atom is -0.377 e. The molecule has 0 saturated carbocycles. The first-order valence-corrected chi connectivity index (χ1v) is 6.87. The van der Waals surface area contributed by atoms with Gasteiger partial charge in [-0.05, 0) is 32.0 Å². The average molecular weight is 291 g/mol. The third-order valence-corrected chi connectivity index (χ3v) is 3.25. The van der Waals surface area contributed by atoms with Gasteiger partial charge < -0.3 is 15.0 Å². The Bertz CT molecular complexity index is 569. The SMILES string of the molecule is CC(C)NC(=O)C1COCCN1c1ccc(F)cc1C#N. The van der Waals surface area contributed by atoms with Gasteiger partial charge in [-0.3, -0.25) is 4.79 Å². The molecule has 2 rings (SSSR count). The molecule has 1 amide bonds. The van der Waals surface area contributed by atoms with E-state index in [1.807, 2.05) is 19.9 Å². The highest BCUT2D eigenvalue weighted by atomic mass is 19.1. The molecule has 1 fully saturated rings. The van der Waals surface area contributed by atoms with Crippen molar-refractivity contribution < 1.29 is 13.9 Å². The van der Waals surface area contributed by atoms with Gasteiger partial charge in [0.15, 0.2) is 0 Å². The molecule has 0 bridgehead atoms. The van der Waals surface area contributed by atoms with E-state index in [0.29, 0.717) is 18.8 Å². The fourth-order valence-electron chi connectivity index (χ4n) is 2.34. The minimum absolute atomic E-state index is 0.0185. The average Bonchev–Trinajstić information content (AvgIpc) is 2.46. The van der Waals surface area contributed by atoms with E-state index in [2.05, 4.69) is 5.32 Å². The van der Waals surface area contributed by atoms with Crippen molar-refractivity contribution in [2.24, 2.45) is 0 Å². The molecule has 1 aliphatic heterocycles. The van der Waals surface area contributed by atoms with Gasteiger partial charge in [0.1, 0.15) is 17.9 Å². The van der Waals surface area contributed by atoms with Crippen molar-refractivity contribution in [1.29, 1.82) is 5.26 Å². The van der Waals surface area contributed by atoms with Gasteiger partial charge in [-0.1, -0.05) is 0 Å². The Labute approximate surface area is 123 Å². The number of anilines is 1. The van der Waals surface area contributed by atoms with Gasteiger partial charge in [0.25, 0.3) is 0 Å². The second kappa shape index (κ2) is 6.55. The van der Waals surface area contributed by atoms with Gasteiger partial charge in [-0.15, -0.1) is 0 Å². The van der Waals surface area contributed by atoms with Crippen molar-refractivity contribution in [3.63, 3.8) is 0 Å². The first kappa shape index (κ1) is 15.3. The molecule has 0 radical (unpaired) electrons. The van der Waals surface area contributed by atoms with Gasteiger partial charge in [-0.2, -0.15) is 5.26 Å². The number of benzene rings is 1. The van der Waals surface area contributed by atoms with E-state index in [4.69, 9.17) is 10.00 Å². The molecule has 0 spiro atoms. The molecule has 1 aliphatic rings. The molecule has 0 aromatic heterocycles. The lowest BCUT2D eigenvalue weighted by molar-refractivity contribution is -0.125. The van der Waals surface area contributed by atoms with Crippen molar-refractivity contribution in [3.05, 3.63) is 29.6 Å². The van der Waals surface area contributed by atoms with Gasteiger partial charge in [0, 0.05) is 12.6 Å². The Morgan fingerprint density at radius 3 is 3.00 bits per heavy atom. The maximum Gasteiger partial charge on any atom is 0.245 e. The van der Waals surface area contributed by atoms with Crippen LogP contribution in [0.1, 0.15) is 19.4 Å². The fourth-order valence-corrected chi connectivity index (χ4v) is 2.34. The predicted octanol–water partition coefficient (Wildman–Crippen LogP) is 1.43. The maximum absolute atomic E-state index is 13.3. The summed E-state index contributed by atoms with van der Waals surface area (Å²) in [5.74, 6) is -0.621. The van der Waals surface area contributed by atoms with Crippen LogP contribution in [0.4, 0.5) is 10.1 Å². The normalized spacial score (nSPS) is 18.4. The molecule has 1 aromatic carbocycles. The first-order chi connectivity index (χ1) is 10.0. The molecule has 1 heterocycles. The summed E-state index contributed by atoms with van der Waals surface area (Å²) in [6.45, 7) is 4.96. The number of nitriles is 1. The second-order valence-corrected chi connectivity index (χ2v) is 5.22. The fraction of sp³-hybridized carbons (Fsp3) is 0.467. The lowest BCUT2D eigenvalue weighted by Gasteiger charge is -2.37. The molecule has 1 saturated heterocycles. The molecule has 1 atom stereocenters. The molecule has 0 aliphatic carbocycles. The largest absolute Gasteiger partial charge is 0.377 e. The van der Waals surface area contributed by atoms with E-state index in [0.717, 1.165) is 0 Å². The molecular formula is C15H18FN3O2. The number of halogens is 1. The first-order valence-electron chi connectivity index (χ1n) is 6.87. The van der Waals surface area contributed by atoms with E-state index >= 15 is 0 Å². The number of amides is 1. The van der Waals surface area contributed by atoms with Gasteiger partial charge in [-0.25, -0.2) is 4.39 Å². The highest BCUT2D eigenvalue weighted by molar-refractivity contribution is 5.86. The van der Waals surface area contributed by atoms with E-state index in [1.165, 1.54) is 18.2 Å². The number of hydrogen-bond donors (Lipinski definition) is 1. The Morgan fingerprint density at radius 2 is 2.33 bits per heavy atom. The highest BCUT2D eigenvalue weighted by Gasteiger charge is 2.31. The number of rotatable bonds is 3. The Kier molecular flexibility index (Phi) is 4.76. The topological polar surface area (TPSA) is 65.4 Å². The monoisotopic (exact) mass is 291 g/mol. The molecule has 6 heteroatoms. The van der Waals surface area contributed by atoms with Crippen LogP contribution in [0.2, 0.25) is 0 Å². The van der Waals surface area contributed by atoms with Gasteiger partial charge in [0.2, 0.25) is 5.91 Å². The van der Waals surface area contributed by atoms with Crippen molar-refractivity contribution in [1.82, 2.24) is 5.32 Å². The number of morpholine rings is 1. The van der Waals surface area contributed by atoms with Gasteiger partial charge in [0.05, 0.1) is 24.5 Å². The van der Waals surface area contributed by atoms with Crippen LogP contribution in [0.5, 0.6) is 0 Å². The second-order valence-electron chi connectivity index (χ2n) is 5.22. The molecule has 112 valence electrons. The summed E-state index contributed by atoms with van der Waals surface area (Å²) in [5, 5.41) is 12.0. The van der Waals surface area contributed by atoms with Crippen LogP contribution in [0.3, 0.4) is 0 Å². The summed E-state index contributed by atoms with van der Waals surface area (Å²) in [7, 11) is 0. The molecule has 1 aromatic rings. The molecule has 5 nitrogen and oxygen atoms in total. The quantitative estimate of drug-likeness (QED) is 0.915. The third-order valence-electron chi connectivity index (χ3n) is 3.25. The van der Waals surface area contributed by atoms with Crippen LogP contribution < -0.4 is 10.2 Å². The third kappa shape index (κ3) is 3.50. The van der Waals surface area contributed by atoms with Crippen LogP contribution in [0.15, 0.2) is 18.2 Å². The van der Waals surface area contributed by atoms with E-state index in [-0.39, 0.29) is 24.1 Å². The van der Waals surface area contributed by atoms with Crippen LogP contribution >= 0.6 is 0 Å². The highest BCUT2D eigenvalue weighted by Crippen LogP contribution is 2.25. The summed E-state index contributed by atoms with van der Waals surface area (Å²) in [4.78, 5) is 14.1. The maximum atomic E-state index is 13.3. The van der Waals surface area contributed by atoms with E-state index in [9.17, 15) is 9.18 Å². The Hall–Kier alpha value is -2.13. The van der Waals surface area contributed by atoms with E-state index < -0.39 is 11.9 Å². The zero-order valence-corrected chi connectivity index (χ0v) is 12.1. The summed E-state index contributed by atoms with van der Waals surface area (Å²) in [6.07, 6.45) is 0. The predicted molar refractivity (Wildman–Crippen MR) is 76.3 cm³/mol. The standard InChI is InChI=1S/C15H18FN3O2/c1-10(2)18-15(20)14-9-21-6-5-19(14)13-4-3-12(16)7-11(13)8-17/h3-4,7,10,14H,5-6,9H2,1-2H3,(H,18,20). The van der Waals surface area contributed by atoms with Crippen LogP contribution in [0, 0.1) is 17.1 Å². The summed E-state index contributed by atoms with van der Waals surface area (Å²) in [6, 6.07) is 5.50. The zero-order chi connectivity index (χ0) is 15.4. The van der Waals surface area contributed by atoms with Gasteiger partial charge >= 0.3 is 0 Å². The minimum atomic E-state index is -0.515. The van der Waals surface area contributed by atoms with Crippen molar-refractivity contribution >= 4 is 11.6 Å². The van der Waals surface area contributed by atoms with Crippen molar-refractivity contribution in [2.75, 3.05) is 24.7 Å². The number of carbonyl (C=O) groups is 1. The molecule has 1 N–H and O–H groups in total. The van der Waals surface area contributed by atoms with Crippen LogP contribution in [-0.2, 0) is 9.53 Å². The summed E-state index contributed by atoms with van der Waals surface area (Å²) in [5.41, 5.74) is 0.783. The number of carbonyl (C=O) groups excluding carboxylic acids is 1. The molecule has 1 unspecified atom stereocenters.